The van der Waals surface area contributed by atoms with Crippen molar-refractivity contribution in [3.05, 3.63) is 9.39 Å². The number of hydrogen-bond donors (Lipinski definition) is 1. The number of nitrogens with two attached hydrogens (primary N) is 1. The van der Waals surface area contributed by atoms with Crippen molar-refractivity contribution in [1.29, 1.82) is 0 Å². The van der Waals surface area contributed by atoms with Gasteiger partial charge in [-0.1, -0.05) is 5.21 Å². The first kappa shape index (κ1) is 14.5. The van der Waals surface area contributed by atoms with Gasteiger partial charge in [0.2, 0.25) is 0 Å². The van der Waals surface area contributed by atoms with Gasteiger partial charge in [0.15, 0.2) is 0 Å². The zero-order chi connectivity index (χ0) is 14.2. The third-order valence-corrected chi connectivity index (χ3v) is 3.87. The second-order valence-electron chi connectivity index (χ2n) is 5.51. The minimum Gasteiger partial charge on any atom is -0.444 e. The van der Waals surface area contributed by atoms with Crippen LogP contribution in [0.2, 0.25) is 0 Å². The number of carbonyl (C=O) groups is 1. The van der Waals surface area contributed by atoms with Crippen LogP contribution in [0.1, 0.15) is 32.5 Å². The van der Waals surface area contributed by atoms with Crippen LogP contribution in [-0.2, 0) is 11.3 Å². The van der Waals surface area contributed by atoms with E-state index in [1.54, 1.807) is 4.90 Å². The number of halogens is 1. The van der Waals surface area contributed by atoms with Crippen LogP contribution in [0.25, 0.3) is 0 Å². The molecular formula is C11H18IN5O2. The Morgan fingerprint density at radius 2 is 2.16 bits per heavy atom. The van der Waals surface area contributed by atoms with Gasteiger partial charge in [-0.05, 0) is 43.4 Å². The monoisotopic (exact) mass is 379 g/mol. The Labute approximate surface area is 125 Å². The number of aromatic nitrogens is 3. The molecule has 0 radical (unpaired) electrons. The number of hydrogen-bond acceptors (Lipinski definition) is 5. The normalized spacial score (nSPS) is 16.4. The number of ether oxygens (including phenoxy) is 1. The molecule has 1 amide bonds. The molecule has 0 aliphatic carbocycles. The van der Waals surface area contributed by atoms with Crippen LogP contribution in [0.15, 0.2) is 0 Å². The maximum absolute atomic E-state index is 11.8. The molecule has 0 spiro atoms. The van der Waals surface area contributed by atoms with Crippen molar-refractivity contribution in [2.24, 2.45) is 5.73 Å². The fraction of sp³-hybridized carbons (Fsp3) is 0.727. The molecule has 106 valence electrons. The van der Waals surface area contributed by atoms with Gasteiger partial charge in [0.25, 0.3) is 0 Å². The van der Waals surface area contributed by atoms with E-state index in [0.29, 0.717) is 19.6 Å². The van der Waals surface area contributed by atoms with E-state index in [9.17, 15) is 4.79 Å². The Morgan fingerprint density at radius 3 is 2.63 bits per heavy atom. The SMILES string of the molecule is CC(C)(C)OC(=O)N1CC(n2nnc(CN)c2I)C1. The second-order valence-corrected chi connectivity index (χ2v) is 6.54. The Bertz CT molecular complexity index is 476. The second kappa shape index (κ2) is 5.23. The average molecular weight is 379 g/mol. The minimum absolute atomic E-state index is 0.159. The summed E-state index contributed by atoms with van der Waals surface area (Å²) in [6.45, 7) is 7.14. The molecule has 0 unspecified atom stereocenters. The number of carbonyl (C=O) groups excluding carboxylic acids is 1. The lowest BCUT2D eigenvalue weighted by Gasteiger charge is -2.39. The maximum atomic E-state index is 11.8. The highest BCUT2D eigenvalue weighted by molar-refractivity contribution is 14.1. The summed E-state index contributed by atoms with van der Waals surface area (Å²) in [5.41, 5.74) is 5.89. The first-order valence-electron chi connectivity index (χ1n) is 6.09. The first-order chi connectivity index (χ1) is 8.81. The van der Waals surface area contributed by atoms with Crippen LogP contribution in [0.5, 0.6) is 0 Å². The van der Waals surface area contributed by atoms with Crippen molar-refractivity contribution in [2.75, 3.05) is 13.1 Å². The predicted molar refractivity (Wildman–Crippen MR) is 77.5 cm³/mol. The molecule has 1 saturated heterocycles. The first-order valence-corrected chi connectivity index (χ1v) is 7.17. The molecule has 1 aliphatic heterocycles. The third-order valence-electron chi connectivity index (χ3n) is 2.75. The number of amides is 1. The lowest BCUT2D eigenvalue weighted by atomic mass is 10.1. The lowest BCUT2D eigenvalue weighted by molar-refractivity contribution is -0.000948. The van der Waals surface area contributed by atoms with Crippen LogP contribution in [0.3, 0.4) is 0 Å². The summed E-state index contributed by atoms with van der Waals surface area (Å²) in [4.78, 5) is 13.5. The van der Waals surface area contributed by atoms with Crippen LogP contribution in [0, 0.1) is 3.70 Å². The summed E-state index contributed by atoms with van der Waals surface area (Å²) in [5, 5.41) is 8.09. The van der Waals surface area contributed by atoms with Gasteiger partial charge in [0.05, 0.1) is 6.04 Å². The molecule has 2 heterocycles. The minimum atomic E-state index is -0.462. The number of rotatable bonds is 2. The number of likely N-dealkylation sites (tertiary alicyclic amines) is 1. The summed E-state index contributed by atoms with van der Waals surface area (Å²) >= 11 is 2.18. The summed E-state index contributed by atoms with van der Waals surface area (Å²) in [5.74, 6) is 0. The lowest BCUT2D eigenvalue weighted by Crippen LogP contribution is -2.52. The van der Waals surface area contributed by atoms with E-state index in [1.807, 2.05) is 25.5 Å². The van der Waals surface area contributed by atoms with Gasteiger partial charge >= 0.3 is 6.09 Å². The third kappa shape index (κ3) is 3.16. The smallest absolute Gasteiger partial charge is 0.410 e. The van der Waals surface area contributed by atoms with E-state index in [1.165, 1.54) is 0 Å². The van der Waals surface area contributed by atoms with Crippen molar-refractivity contribution < 1.29 is 9.53 Å². The molecule has 19 heavy (non-hydrogen) atoms. The predicted octanol–water partition coefficient (Wildman–Crippen LogP) is 1.13. The Hall–Kier alpha value is -0.900. The van der Waals surface area contributed by atoms with Crippen LogP contribution in [0.4, 0.5) is 4.79 Å². The molecule has 8 heteroatoms. The van der Waals surface area contributed by atoms with Crippen molar-refractivity contribution in [3.63, 3.8) is 0 Å². The molecule has 0 saturated carbocycles. The van der Waals surface area contributed by atoms with E-state index in [2.05, 4.69) is 32.9 Å². The van der Waals surface area contributed by atoms with Gasteiger partial charge < -0.3 is 15.4 Å². The van der Waals surface area contributed by atoms with Gasteiger partial charge in [0, 0.05) is 19.6 Å². The molecule has 0 atom stereocenters. The largest absolute Gasteiger partial charge is 0.444 e. The fourth-order valence-electron chi connectivity index (χ4n) is 1.76. The van der Waals surface area contributed by atoms with Gasteiger partial charge in [-0.2, -0.15) is 0 Å². The molecule has 7 nitrogen and oxygen atoms in total. The van der Waals surface area contributed by atoms with E-state index >= 15 is 0 Å². The highest BCUT2D eigenvalue weighted by Crippen LogP contribution is 2.25. The Kier molecular flexibility index (Phi) is 4.00. The molecule has 0 aromatic carbocycles. The zero-order valence-electron chi connectivity index (χ0n) is 11.3. The molecular weight excluding hydrogens is 361 g/mol. The van der Waals surface area contributed by atoms with E-state index in [-0.39, 0.29) is 12.1 Å². The van der Waals surface area contributed by atoms with Gasteiger partial charge in [-0.15, -0.1) is 5.10 Å². The molecule has 1 fully saturated rings. The summed E-state index contributed by atoms with van der Waals surface area (Å²) in [6, 6.07) is 0.159. The standard InChI is InChI=1S/C11H18IN5O2/c1-11(2,3)19-10(18)16-5-7(6-16)17-9(12)8(4-13)14-15-17/h7H,4-6,13H2,1-3H3. The van der Waals surface area contributed by atoms with Crippen LogP contribution in [-0.4, -0.2) is 44.7 Å². The topological polar surface area (TPSA) is 86.3 Å². The highest BCUT2D eigenvalue weighted by atomic mass is 127. The molecule has 0 bridgehead atoms. The average Bonchev–Trinajstić information content (AvgIpc) is 2.55. The van der Waals surface area contributed by atoms with Gasteiger partial charge in [-0.25, -0.2) is 9.48 Å². The molecule has 1 aromatic heterocycles. The van der Waals surface area contributed by atoms with Crippen LogP contribution >= 0.6 is 22.6 Å². The van der Waals surface area contributed by atoms with E-state index in [4.69, 9.17) is 10.5 Å². The van der Waals surface area contributed by atoms with Crippen molar-refractivity contribution >= 4 is 28.7 Å². The fourth-order valence-corrected chi connectivity index (χ4v) is 2.58. The van der Waals surface area contributed by atoms with Crippen molar-refractivity contribution in [3.8, 4) is 0 Å². The van der Waals surface area contributed by atoms with Gasteiger partial charge in [0.1, 0.15) is 15.0 Å². The van der Waals surface area contributed by atoms with Crippen molar-refractivity contribution in [2.45, 2.75) is 39.0 Å². The zero-order valence-corrected chi connectivity index (χ0v) is 13.4. The van der Waals surface area contributed by atoms with E-state index in [0.717, 1.165) is 9.39 Å². The van der Waals surface area contributed by atoms with Crippen LogP contribution < -0.4 is 5.73 Å². The number of nitrogens with zero attached hydrogens (tertiary/aromatic N) is 4. The molecule has 2 rings (SSSR count). The maximum Gasteiger partial charge on any atom is 0.410 e. The van der Waals surface area contributed by atoms with Gasteiger partial charge in [-0.3, -0.25) is 0 Å². The summed E-state index contributed by atoms with van der Waals surface area (Å²) < 4.78 is 8.06. The summed E-state index contributed by atoms with van der Waals surface area (Å²) in [6.07, 6.45) is -0.280. The van der Waals surface area contributed by atoms with E-state index < -0.39 is 5.60 Å². The van der Waals surface area contributed by atoms with Crippen molar-refractivity contribution in [1.82, 2.24) is 19.9 Å². The quantitative estimate of drug-likeness (QED) is 0.779. The molecule has 2 N–H and O–H groups in total. The Balaban J connectivity index is 1.92. The Morgan fingerprint density at radius 1 is 1.53 bits per heavy atom. The summed E-state index contributed by atoms with van der Waals surface area (Å²) in [7, 11) is 0. The molecule has 1 aromatic rings. The highest BCUT2D eigenvalue weighted by Gasteiger charge is 2.36. The molecule has 1 aliphatic rings.